The van der Waals surface area contributed by atoms with E-state index in [0.29, 0.717) is 0 Å². The molecule has 0 aliphatic rings. The minimum Gasteiger partial charge on any atom is -0.459 e. The first-order valence-electron chi connectivity index (χ1n) is 5.66. The van der Waals surface area contributed by atoms with Crippen LogP contribution in [0.5, 0.6) is 0 Å². The fourth-order valence-corrected chi connectivity index (χ4v) is 1.56. The van der Waals surface area contributed by atoms with Crippen LogP contribution in [0.2, 0.25) is 5.02 Å². The SMILES string of the molecule is O=C(Nc1cc(Cl)cnc1NC(=O)C(F)(F)F)c1ccco1. The first-order valence-corrected chi connectivity index (χ1v) is 6.04. The molecule has 0 radical (unpaired) electrons. The smallest absolute Gasteiger partial charge is 0.459 e. The third kappa shape index (κ3) is 3.76. The number of carbonyl (C=O) groups is 2. The third-order valence-electron chi connectivity index (χ3n) is 2.34. The van der Waals surface area contributed by atoms with Gasteiger partial charge in [0.25, 0.3) is 5.91 Å². The summed E-state index contributed by atoms with van der Waals surface area (Å²) < 4.78 is 41.6. The van der Waals surface area contributed by atoms with E-state index in [1.54, 1.807) is 5.32 Å². The van der Waals surface area contributed by atoms with Gasteiger partial charge in [0.1, 0.15) is 0 Å². The lowest BCUT2D eigenvalue weighted by Gasteiger charge is -2.12. The maximum atomic E-state index is 12.3. The second-order valence-electron chi connectivity index (χ2n) is 3.93. The van der Waals surface area contributed by atoms with Gasteiger partial charge in [0.15, 0.2) is 11.6 Å². The Balaban J connectivity index is 2.25. The number of aromatic nitrogens is 1. The van der Waals surface area contributed by atoms with E-state index in [2.05, 4.69) is 10.3 Å². The number of nitrogens with one attached hydrogen (secondary N) is 2. The maximum absolute atomic E-state index is 12.3. The van der Waals surface area contributed by atoms with Gasteiger partial charge in [0.05, 0.1) is 17.0 Å². The summed E-state index contributed by atoms with van der Waals surface area (Å²) in [4.78, 5) is 26.3. The molecule has 0 fully saturated rings. The molecule has 6 nitrogen and oxygen atoms in total. The quantitative estimate of drug-likeness (QED) is 0.904. The Morgan fingerprint density at radius 2 is 2.00 bits per heavy atom. The van der Waals surface area contributed by atoms with Gasteiger partial charge in [-0.2, -0.15) is 13.2 Å². The number of hydrogen-bond donors (Lipinski definition) is 2. The van der Waals surface area contributed by atoms with Crippen molar-refractivity contribution >= 4 is 34.9 Å². The molecule has 2 aromatic heterocycles. The molecule has 0 spiro atoms. The summed E-state index contributed by atoms with van der Waals surface area (Å²) in [5.41, 5.74) is -0.202. The third-order valence-corrected chi connectivity index (χ3v) is 2.54. The highest BCUT2D eigenvalue weighted by Gasteiger charge is 2.39. The molecule has 0 saturated heterocycles. The fraction of sp³-hybridized carbons (Fsp3) is 0.0833. The Bertz CT molecular complexity index is 701. The van der Waals surface area contributed by atoms with Crippen molar-refractivity contribution in [3.63, 3.8) is 0 Å². The molecule has 0 aromatic carbocycles. The van der Waals surface area contributed by atoms with Gasteiger partial charge in [-0.1, -0.05) is 11.6 Å². The number of anilines is 2. The van der Waals surface area contributed by atoms with Crippen LogP contribution in [0.3, 0.4) is 0 Å². The van der Waals surface area contributed by atoms with Crippen molar-refractivity contribution in [2.45, 2.75) is 6.18 Å². The number of nitrogens with zero attached hydrogens (tertiary/aromatic N) is 1. The van der Waals surface area contributed by atoms with Gasteiger partial charge in [-0.15, -0.1) is 0 Å². The Kier molecular flexibility index (Phi) is 4.36. The van der Waals surface area contributed by atoms with Crippen LogP contribution in [-0.2, 0) is 4.79 Å². The van der Waals surface area contributed by atoms with E-state index in [1.165, 1.54) is 18.4 Å². The summed E-state index contributed by atoms with van der Waals surface area (Å²) >= 11 is 5.68. The highest BCUT2D eigenvalue weighted by atomic mass is 35.5. The number of furan rings is 1. The predicted octanol–water partition coefficient (Wildman–Crippen LogP) is 3.08. The Labute approximate surface area is 126 Å². The van der Waals surface area contributed by atoms with Crippen LogP contribution in [0, 0.1) is 0 Å². The van der Waals surface area contributed by atoms with Crippen LogP contribution < -0.4 is 10.6 Å². The van der Waals surface area contributed by atoms with Gasteiger partial charge in [-0.3, -0.25) is 9.59 Å². The zero-order chi connectivity index (χ0) is 16.3. The lowest BCUT2D eigenvalue weighted by molar-refractivity contribution is -0.167. The number of halogens is 4. The van der Waals surface area contributed by atoms with Crippen molar-refractivity contribution in [1.29, 1.82) is 0 Å². The standard InChI is InChI=1S/C12H7ClF3N3O3/c13-6-4-7(18-10(20)8-2-1-3-22-8)9(17-5-6)19-11(21)12(14,15)16/h1-5H,(H,18,20)(H,17,19,21). The number of amides is 2. The van der Waals surface area contributed by atoms with Crippen molar-refractivity contribution < 1.29 is 27.2 Å². The normalized spacial score (nSPS) is 11.1. The van der Waals surface area contributed by atoms with E-state index in [0.717, 1.165) is 12.3 Å². The summed E-state index contributed by atoms with van der Waals surface area (Å²) in [6.07, 6.45) is -2.82. The first kappa shape index (κ1) is 15.8. The van der Waals surface area contributed by atoms with Gasteiger partial charge in [-0.05, 0) is 18.2 Å². The molecule has 2 aromatic rings. The average molecular weight is 334 g/mol. The van der Waals surface area contributed by atoms with Crippen molar-refractivity contribution in [2.24, 2.45) is 0 Å². The molecule has 2 N–H and O–H groups in total. The van der Waals surface area contributed by atoms with Crippen LogP contribution in [0.4, 0.5) is 24.7 Å². The molecule has 0 saturated carbocycles. The largest absolute Gasteiger partial charge is 0.471 e. The molecule has 10 heteroatoms. The second kappa shape index (κ2) is 6.06. The van der Waals surface area contributed by atoms with Gasteiger partial charge >= 0.3 is 12.1 Å². The van der Waals surface area contributed by atoms with Gasteiger partial charge in [0, 0.05) is 6.20 Å². The molecule has 2 heterocycles. The van der Waals surface area contributed by atoms with Crippen molar-refractivity contribution in [3.8, 4) is 0 Å². The Hall–Kier alpha value is -2.55. The van der Waals surface area contributed by atoms with Crippen LogP contribution in [-0.4, -0.2) is 23.0 Å². The minimum absolute atomic E-state index is 0.0553. The molecule has 0 unspecified atom stereocenters. The Morgan fingerprint density at radius 1 is 1.27 bits per heavy atom. The number of hydrogen-bond acceptors (Lipinski definition) is 4. The van der Waals surface area contributed by atoms with Gasteiger partial charge in [-0.25, -0.2) is 4.98 Å². The fourth-order valence-electron chi connectivity index (χ4n) is 1.40. The summed E-state index contributed by atoms with van der Waals surface area (Å²) in [5.74, 6) is -3.54. The van der Waals surface area contributed by atoms with Crippen LogP contribution in [0.15, 0.2) is 35.1 Å². The maximum Gasteiger partial charge on any atom is 0.471 e. The van der Waals surface area contributed by atoms with E-state index >= 15 is 0 Å². The molecule has 22 heavy (non-hydrogen) atoms. The van der Waals surface area contributed by atoms with E-state index < -0.39 is 23.8 Å². The zero-order valence-corrected chi connectivity index (χ0v) is 11.3. The summed E-state index contributed by atoms with van der Waals surface area (Å²) in [6.45, 7) is 0. The molecule has 116 valence electrons. The topological polar surface area (TPSA) is 84.2 Å². The zero-order valence-electron chi connectivity index (χ0n) is 10.6. The predicted molar refractivity (Wildman–Crippen MR) is 70.6 cm³/mol. The van der Waals surface area contributed by atoms with E-state index in [-0.39, 0.29) is 16.5 Å². The van der Waals surface area contributed by atoms with Gasteiger partial charge < -0.3 is 15.1 Å². The molecule has 2 rings (SSSR count). The second-order valence-corrected chi connectivity index (χ2v) is 4.37. The monoisotopic (exact) mass is 333 g/mol. The van der Waals surface area contributed by atoms with Crippen LogP contribution in [0.25, 0.3) is 0 Å². The lowest BCUT2D eigenvalue weighted by Crippen LogP contribution is -2.30. The number of carbonyl (C=O) groups excluding carboxylic acids is 2. The number of alkyl halides is 3. The van der Waals surface area contributed by atoms with E-state index in [9.17, 15) is 22.8 Å². The first-order chi connectivity index (χ1) is 10.3. The molecule has 0 aliphatic carbocycles. The molecule has 0 bridgehead atoms. The van der Waals surface area contributed by atoms with Crippen molar-refractivity contribution in [1.82, 2.24) is 4.98 Å². The molecule has 2 amide bonds. The molecular weight excluding hydrogens is 327 g/mol. The highest BCUT2D eigenvalue weighted by molar-refractivity contribution is 6.31. The van der Waals surface area contributed by atoms with E-state index in [1.807, 2.05) is 0 Å². The highest BCUT2D eigenvalue weighted by Crippen LogP contribution is 2.26. The van der Waals surface area contributed by atoms with Gasteiger partial charge in [0.2, 0.25) is 0 Å². The number of rotatable bonds is 3. The summed E-state index contributed by atoms with van der Waals surface area (Å²) in [5, 5.41) is 3.85. The molecular formula is C12H7ClF3N3O3. The van der Waals surface area contributed by atoms with Crippen LogP contribution in [0.1, 0.15) is 10.6 Å². The molecule has 0 aliphatic heterocycles. The Morgan fingerprint density at radius 3 is 2.59 bits per heavy atom. The average Bonchev–Trinajstić information content (AvgIpc) is 2.94. The van der Waals surface area contributed by atoms with Crippen LogP contribution >= 0.6 is 11.6 Å². The molecule has 0 atom stereocenters. The summed E-state index contributed by atoms with van der Waals surface area (Å²) in [6, 6.07) is 3.94. The van der Waals surface area contributed by atoms with E-state index in [4.69, 9.17) is 16.0 Å². The summed E-state index contributed by atoms with van der Waals surface area (Å²) in [7, 11) is 0. The van der Waals surface area contributed by atoms with Crippen molar-refractivity contribution in [2.75, 3.05) is 10.6 Å². The number of pyridine rings is 1. The van der Waals surface area contributed by atoms with Crippen molar-refractivity contribution in [3.05, 3.63) is 41.4 Å². The minimum atomic E-state index is -5.09. The lowest BCUT2D eigenvalue weighted by atomic mass is 10.3.